The Kier molecular flexibility index (Phi) is 3.51. The van der Waals surface area contributed by atoms with E-state index in [0.717, 1.165) is 6.42 Å². The molecule has 0 heterocycles. The van der Waals surface area contributed by atoms with E-state index in [1.54, 1.807) is 0 Å². The Hall–Kier alpha value is -1.63. The Morgan fingerprint density at radius 2 is 1.89 bits per heavy atom. The fraction of sp³-hybridized carbons (Fsp3) is 0.353. The van der Waals surface area contributed by atoms with Crippen LogP contribution in [0.4, 0.5) is 0 Å². The first kappa shape index (κ1) is 12.8. The van der Waals surface area contributed by atoms with E-state index in [0.29, 0.717) is 0 Å². The predicted molar refractivity (Wildman–Crippen MR) is 79.0 cm³/mol. The Balaban J connectivity index is 2.18. The van der Waals surface area contributed by atoms with Gasteiger partial charge in [-0.3, -0.25) is 4.99 Å². The van der Waals surface area contributed by atoms with Crippen LogP contribution in [0, 0.1) is 5.41 Å². The third kappa shape index (κ3) is 2.98. The summed E-state index contributed by atoms with van der Waals surface area (Å²) in [6.07, 6.45) is 11.7. The molecule has 1 aliphatic carbocycles. The average Bonchev–Trinajstić information content (AvgIpc) is 2.39. The summed E-state index contributed by atoms with van der Waals surface area (Å²) in [7, 11) is 0. The Bertz CT molecular complexity index is 480. The molecule has 1 aromatic carbocycles. The second-order valence-corrected chi connectivity index (χ2v) is 5.68. The van der Waals surface area contributed by atoms with Crippen LogP contribution in [0.2, 0.25) is 0 Å². The largest absolute Gasteiger partial charge is 0.286 e. The molecule has 18 heavy (non-hydrogen) atoms. The second-order valence-electron chi connectivity index (χ2n) is 5.68. The summed E-state index contributed by atoms with van der Waals surface area (Å²) in [6, 6.07) is 10.4. The van der Waals surface area contributed by atoms with Gasteiger partial charge >= 0.3 is 0 Å². The number of rotatable bonds is 3. The number of hydrogen-bond acceptors (Lipinski definition) is 1. The SMILES string of the molecule is CC1(C=NC(C)(C)c2ccccc2)C=CC=CC1. The van der Waals surface area contributed by atoms with Crippen LogP contribution in [0.25, 0.3) is 0 Å². The maximum atomic E-state index is 4.81. The molecular weight excluding hydrogens is 218 g/mol. The summed E-state index contributed by atoms with van der Waals surface area (Å²) < 4.78 is 0. The van der Waals surface area contributed by atoms with Crippen molar-refractivity contribution >= 4 is 6.21 Å². The molecule has 0 amide bonds. The summed E-state index contributed by atoms with van der Waals surface area (Å²) >= 11 is 0. The van der Waals surface area contributed by atoms with Crippen LogP contribution in [-0.4, -0.2) is 6.21 Å². The van der Waals surface area contributed by atoms with Crippen molar-refractivity contribution in [1.82, 2.24) is 0 Å². The van der Waals surface area contributed by atoms with Crippen molar-refractivity contribution in [2.24, 2.45) is 10.4 Å². The van der Waals surface area contributed by atoms with E-state index in [9.17, 15) is 0 Å². The summed E-state index contributed by atoms with van der Waals surface area (Å²) in [4.78, 5) is 4.81. The molecule has 2 rings (SSSR count). The molecule has 94 valence electrons. The lowest BCUT2D eigenvalue weighted by molar-refractivity contribution is 0.538. The van der Waals surface area contributed by atoms with E-state index in [-0.39, 0.29) is 11.0 Å². The minimum absolute atomic E-state index is 0.0563. The van der Waals surface area contributed by atoms with Gasteiger partial charge in [-0.25, -0.2) is 0 Å². The lowest BCUT2D eigenvalue weighted by atomic mass is 9.84. The zero-order valence-corrected chi connectivity index (χ0v) is 11.4. The number of aliphatic imine (C=N–C) groups is 1. The first-order valence-electron chi connectivity index (χ1n) is 6.48. The fourth-order valence-electron chi connectivity index (χ4n) is 2.07. The molecule has 1 heteroatoms. The lowest BCUT2D eigenvalue weighted by Gasteiger charge is -2.25. The fourth-order valence-corrected chi connectivity index (χ4v) is 2.07. The molecule has 1 aromatic rings. The van der Waals surface area contributed by atoms with Gasteiger partial charge in [0.25, 0.3) is 0 Å². The molecule has 1 nitrogen and oxygen atoms in total. The van der Waals surface area contributed by atoms with Crippen molar-refractivity contribution in [3.05, 3.63) is 60.2 Å². The molecule has 1 aliphatic rings. The quantitative estimate of drug-likeness (QED) is 0.688. The van der Waals surface area contributed by atoms with Crippen molar-refractivity contribution < 1.29 is 0 Å². The molecular formula is C17H21N. The number of benzene rings is 1. The second kappa shape index (κ2) is 4.93. The normalized spacial score (nSPS) is 23.7. The highest BCUT2D eigenvalue weighted by Gasteiger charge is 2.22. The van der Waals surface area contributed by atoms with E-state index in [4.69, 9.17) is 4.99 Å². The van der Waals surface area contributed by atoms with Gasteiger partial charge < -0.3 is 0 Å². The minimum Gasteiger partial charge on any atom is -0.286 e. The molecule has 0 radical (unpaired) electrons. The molecule has 0 bridgehead atoms. The van der Waals surface area contributed by atoms with E-state index in [2.05, 4.69) is 75.6 Å². The summed E-state index contributed by atoms with van der Waals surface area (Å²) in [5.41, 5.74) is 1.14. The first-order chi connectivity index (χ1) is 8.52. The van der Waals surface area contributed by atoms with E-state index in [1.165, 1.54) is 5.56 Å². The van der Waals surface area contributed by atoms with Crippen LogP contribution in [0.5, 0.6) is 0 Å². The van der Waals surface area contributed by atoms with Gasteiger partial charge in [-0.15, -0.1) is 0 Å². The highest BCUT2D eigenvalue weighted by atomic mass is 14.8. The highest BCUT2D eigenvalue weighted by Crippen LogP contribution is 2.29. The van der Waals surface area contributed by atoms with Gasteiger partial charge in [0.05, 0.1) is 5.54 Å². The van der Waals surface area contributed by atoms with Gasteiger partial charge in [-0.2, -0.15) is 0 Å². The number of nitrogens with zero attached hydrogens (tertiary/aromatic N) is 1. The van der Waals surface area contributed by atoms with Crippen LogP contribution in [0.3, 0.4) is 0 Å². The zero-order valence-electron chi connectivity index (χ0n) is 11.4. The monoisotopic (exact) mass is 239 g/mol. The molecule has 1 atom stereocenters. The van der Waals surface area contributed by atoms with Gasteiger partial charge in [0.2, 0.25) is 0 Å². The molecule has 0 spiro atoms. The predicted octanol–water partition coefficient (Wildman–Crippen LogP) is 4.51. The third-order valence-electron chi connectivity index (χ3n) is 3.44. The van der Waals surface area contributed by atoms with Crippen molar-refractivity contribution in [3.8, 4) is 0 Å². The lowest BCUT2D eigenvalue weighted by Crippen LogP contribution is -2.20. The molecule has 0 saturated heterocycles. The Morgan fingerprint density at radius 3 is 2.50 bits per heavy atom. The summed E-state index contributed by atoms with van der Waals surface area (Å²) in [5.74, 6) is 0. The van der Waals surface area contributed by atoms with E-state index in [1.807, 2.05) is 6.07 Å². The van der Waals surface area contributed by atoms with Crippen molar-refractivity contribution in [2.75, 3.05) is 0 Å². The minimum atomic E-state index is -0.167. The number of allylic oxidation sites excluding steroid dienone is 4. The molecule has 0 N–H and O–H groups in total. The van der Waals surface area contributed by atoms with E-state index >= 15 is 0 Å². The van der Waals surface area contributed by atoms with Gasteiger partial charge in [0, 0.05) is 11.6 Å². The van der Waals surface area contributed by atoms with Gasteiger partial charge in [0.15, 0.2) is 0 Å². The summed E-state index contributed by atoms with van der Waals surface area (Å²) in [5, 5.41) is 0. The van der Waals surface area contributed by atoms with Gasteiger partial charge in [-0.05, 0) is 25.8 Å². The maximum Gasteiger partial charge on any atom is 0.0796 e. The smallest absolute Gasteiger partial charge is 0.0796 e. The molecule has 0 fully saturated rings. The molecule has 0 aromatic heterocycles. The Morgan fingerprint density at radius 1 is 1.17 bits per heavy atom. The topological polar surface area (TPSA) is 12.4 Å². The van der Waals surface area contributed by atoms with Gasteiger partial charge in [-0.1, -0.05) is 61.6 Å². The molecule has 0 aliphatic heterocycles. The molecule has 0 saturated carbocycles. The third-order valence-corrected chi connectivity index (χ3v) is 3.44. The zero-order chi connectivity index (χ0) is 13.1. The van der Waals surface area contributed by atoms with E-state index < -0.39 is 0 Å². The van der Waals surface area contributed by atoms with Crippen molar-refractivity contribution in [3.63, 3.8) is 0 Å². The van der Waals surface area contributed by atoms with Gasteiger partial charge in [0.1, 0.15) is 0 Å². The van der Waals surface area contributed by atoms with Crippen LogP contribution in [0.1, 0.15) is 32.8 Å². The van der Waals surface area contributed by atoms with Crippen LogP contribution >= 0.6 is 0 Å². The van der Waals surface area contributed by atoms with Crippen molar-refractivity contribution in [2.45, 2.75) is 32.7 Å². The standard InChI is InChI=1S/C17H21N/c1-16(2,15-10-6-4-7-11-15)18-14-17(3)12-8-5-9-13-17/h4-12,14H,13H2,1-3H3. The maximum absolute atomic E-state index is 4.81. The van der Waals surface area contributed by atoms with Crippen LogP contribution < -0.4 is 0 Å². The Labute approximate surface area is 110 Å². The molecule has 1 unspecified atom stereocenters. The first-order valence-corrected chi connectivity index (χ1v) is 6.48. The van der Waals surface area contributed by atoms with Crippen LogP contribution in [-0.2, 0) is 5.54 Å². The highest BCUT2D eigenvalue weighted by molar-refractivity contribution is 5.69. The van der Waals surface area contributed by atoms with Crippen molar-refractivity contribution in [1.29, 1.82) is 0 Å². The van der Waals surface area contributed by atoms with Crippen LogP contribution in [0.15, 0.2) is 59.6 Å². The average molecular weight is 239 g/mol. The number of hydrogen-bond donors (Lipinski definition) is 0. The summed E-state index contributed by atoms with van der Waals surface area (Å²) in [6.45, 7) is 6.53.